The van der Waals surface area contributed by atoms with Crippen molar-refractivity contribution in [3.8, 4) is 6.07 Å². The van der Waals surface area contributed by atoms with Crippen molar-refractivity contribution in [2.45, 2.75) is 18.9 Å². The Kier molecular flexibility index (Phi) is 3.15. The first kappa shape index (κ1) is 10.6. The van der Waals surface area contributed by atoms with Gasteiger partial charge in [0.2, 0.25) is 0 Å². The van der Waals surface area contributed by atoms with Gasteiger partial charge in [-0.25, -0.2) is 0 Å². The van der Waals surface area contributed by atoms with Gasteiger partial charge in [-0.3, -0.25) is 0 Å². The number of nitrogens with zero attached hydrogens (tertiary/aromatic N) is 1. The topological polar surface area (TPSA) is 49.8 Å². The average Bonchev–Trinajstić information content (AvgIpc) is 2.17. The summed E-state index contributed by atoms with van der Waals surface area (Å²) in [6, 6.07) is 7.53. The first-order valence-electron chi connectivity index (χ1n) is 4.14. The summed E-state index contributed by atoms with van der Waals surface area (Å²) in [5.74, 6) is -3.30. The van der Waals surface area contributed by atoms with E-state index < -0.39 is 12.3 Å². The molecule has 2 nitrogen and oxygen atoms in total. The lowest BCUT2D eigenvalue weighted by atomic mass is 10.1. The summed E-state index contributed by atoms with van der Waals surface area (Å²) >= 11 is 0. The minimum absolute atomic E-state index is 0.311. The van der Waals surface area contributed by atoms with Gasteiger partial charge in [0.1, 0.15) is 6.07 Å². The molecule has 1 aromatic rings. The van der Waals surface area contributed by atoms with E-state index in [0.717, 1.165) is 11.6 Å². The second-order valence-electron chi connectivity index (χ2n) is 3.02. The largest absolute Gasteiger partial charge is 0.335 e. The molecule has 0 atom stereocenters. The summed E-state index contributed by atoms with van der Waals surface area (Å²) < 4.78 is 25.4. The smallest absolute Gasteiger partial charge is 0.326 e. The molecule has 0 saturated carbocycles. The summed E-state index contributed by atoms with van der Waals surface area (Å²) in [6.07, 6.45) is -0.558. The molecule has 2 N–H and O–H groups in total. The predicted octanol–water partition coefficient (Wildman–Crippen LogP) is 1.85. The quantitative estimate of drug-likeness (QED) is 0.801. The van der Waals surface area contributed by atoms with Crippen molar-refractivity contribution in [1.82, 2.24) is 0 Å². The first-order valence-corrected chi connectivity index (χ1v) is 4.14. The van der Waals surface area contributed by atoms with Gasteiger partial charge in [-0.1, -0.05) is 24.3 Å². The van der Waals surface area contributed by atoms with Crippen LogP contribution in [0.15, 0.2) is 24.3 Å². The van der Waals surface area contributed by atoms with Crippen molar-refractivity contribution < 1.29 is 8.78 Å². The molecule has 1 aromatic carbocycles. The molecule has 0 radical (unpaired) electrons. The average molecular weight is 196 g/mol. The Morgan fingerprint density at radius 3 is 2.57 bits per heavy atom. The summed E-state index contributed by atoms with van der Waals surface area (Å²) in [6.45, 7) is 0.311. The molecule has 0 unspecified atom stereocenters. The molecule has 0 bridgehead atoms. The summed E-state index contributed by atoms with van der Waals surface area (Å²) in [5.41, 5.74) is 6.58. The van der Waals surface area contributed by atoms with E-state index in [-0.39, 0.29) is 0 Å². The van der Waals surface area contributed by atoms with Crippen LogP contribution >= 0.6 is 0 Å². The van der Waals surface area contributed by atoms with Gasteiger partial charge in [0.15, 0.2) is 0 Å². The number of nitrogens with two attached hydrogens (primary N) is 1. The summed E-state index contributed by atoms with van der Waals surface area (Å²) in [5, 5.41) is 8.16. The Bertz CT molecular complexity index is 355. The summed E-state index contributed by atoms with van der Waals surface area (Å²) in [7, 11) is 0. The molecule has 74 valence electrons. The molecule has 0 aliphatic heterocycles. The van der Waals surface area contributed by atoms with Gasteiger partial charge in [-0.15, -0.1) is 0 Å². The fourth-order valence-corrected chi connectivity index (χ4v) is 1.16. The highest BCUT2D eigenvalue weighted by Crippen LogP contribution is 2.19. The fraction of sp³-hybridized carbons (Fsp3) is 0.300. The van der Waals surface area contributed by atoms with Crippen LogP contribution in [0.2, 0.25) is 0 Å². The number of benzene rings is 1. The van der Waals surface area contributed by atoms with Gasteiger partial charge in [0.25, 0.3) is 0 Å². The zero-order valence-corrected chi connectivity index (χ0v) is 7.50. The molecule has 0 saturated heterocycles. The molecule has 0 heterocycles. The maximum absolute atomic E-state index is 12.7. The molecule has 4 heteroatoms. The highest BCUT2D eigenvalue weighted by Gasteiger charge is 2.28. The third-order valence-corrected chi connectivity index (χ3v) is 1.82. The van der Waals surface area contributed by atoms with E-state index in [0.29, 0.717) is 12.1 Å². The zero-order valence-electron chi connectivity index (χ0n) is 7.50. The third-order valence-electron chi connectivity index (χ3n) is 1.82. The van der Waals surface area contributed by atoms with Crippen LogP contribution in [0, 0.1) is 11.3 Å². The monoisotopic (exact) mass is 196 g/mol. The molecule has 0 aromatic heterocycles. The molecule has 0 fully saturated rings. The normalized spacial score (nSPS) is 11.0. The number of hydrogen-bond donors (Lipinski definition) is 1. The van der Waals surface area contributed by atoms with E-state index >= 15 is 0 Å². The third kappa shape index (κ3) is 2.79. The van der Waals surface area contributed by atoms with E-state index in [1.54, 1.807) is 24.3 Å². The van der Waals surface area contributed by atoms with E-state index in [4.69, 9.17) is 11.0 Å². The summed E-state index contributed by atoms with van der Waals surface area (Å²) in [4.78, 5) is 0. The van der Waals surface area contributed by atoms with Gasteiger partial charge in [0.05, 0.1) is 6.42 Å². The van der Waals surface area contributed by atoms with Gasteiger partial charge < -0.3 is 5.73 Å². The van der Waals surface area contributed by atoms with E-state index in [1.165, 1.54) is 0 Å². The maximum atomic E-state index is 12.7. The van der Waals surface area contributed by atoms with Gasteiger partial charge >= 0.3 is 5.92 Å². The lowest BCUT2D eigenvalue weighted by molar-refractivity contribution is 0.0645. The minimum Gasteiger partial charge on any atom is -0.326 e. The Labute approximate surface area is 81.0 Å². The highest BCUT2D eigenvalue weighted by molar-refractivity contribution is 5.25. The lowest BCUT2D eigenvalue weighted by Gasteiger charge is -2.07. The fourth-order valence-electron chi connectivity index (χ4n) is 1.16. The first-order chi connectivity index (χ1) is 6.57. The number of nitriles is 1. The second-order valence-corrected chi connectivity index (χ2v) is 3.02. The minimum atomic E-state index is -3.30. The van der Waals surface area contributed by atoms with Gasteiger partial charge in [-0.2, -0.15) is 14.0 Å². The van der Waals surface area contributed by atoms with Crippen molar-refractivity contribution in [2.24, 2.45) is 5.73 Å². The van der Waals surface area contributed by atoms with Crippen LogP contribution < -0.4 is 5.73 Å². The number of halogens is 2. The second kappa shape index (κ2) is 4.16. The highest BCUT2D eigenvalue weighted by atomic mass is 19.3. The number of rotatable bonds is 3. The molecule has 0 aliphatic rings. The van der Waals surface area contributed by atoms with Crippen molar-refractivity contribution in [3.05, 3.63) is 35.4 Å². The SMILES string of the molecule is N#CC(F)(F)Cc1cccc(CN)c1. The van der Waals surface area contributed by atoms with Crippen LogP contribution in [0.1, 0.15) is 11.1 Å². The van der Waals surface area contributed by atoms with E-state index in [1.807, 2.05) is 0 Å². The standard InChI is InChI=1S/C10H10F2N2/c11-10(12,7-14)5-8-2-1-3-9(4-8)6-13/h1-4H,5-6,13H2. The number of alkyl halides is 2. The van der Waals surface area contributed by atoms with Gasteiger partial charge in [0, 0.05) is 6.54 Å². The van der Waals surface area contributed by atoms with E-state index in [2.05, 4.69) is 0 Å². The van der Waals surface area contributed by atoms with Crippen LogP contribution in [0.25, 0.3) is 0 Å². The maximum Gasteiger partial charge on any atom is 0.335 e. The van der Waals surface area contributed by atoms with Crippen LogP contribution in [-0.2, 0) is 13.0 Å². The molecular formula is C10H10F2N2. The Hall–Kier alpha value is -1.47. The molecule has 0 spiro atoms. The molecular weight excluding hydrogens is 186 g/mol. The van der Waals surface area contributed by atoms with Crippen molar-refractivity contribution in [3.63, 3.8) is 0 Å². The molecule has 1 rings (SSSR count). The van der Waals surface area contributed by atoms with Crippen molar-refractivity contribution >= 4 is 0 Å². The van der Waals surface area contributed by atoms with Gasteiger partial charge in [-0.05, 0) is 11.1 Å². The van der Waals surface area contributed by atoms with Crippen LogP contribution in [0.3, 0.4) is 0 Å². The Morgan fingerprint density at radius 1 is 1.36 bits per heavy atom. The Morgan fingerprint density at radius 2 is 2.00 bits per heavy atom. The van der Waals surface area contributed by atoms with Crippen LogP contribution in [0.5, 0.6) is 0 Å². The lowest BCUT2D eigenvalue weighted by Crippen LogP contribution is -2.16. The van der Waals surface area contributed by atoms with Crippen LogP contribution in [-0.4, -0.2) is 5.92 Å². The molecule has 0 aliphatic carbocycles. The Balaban J connectivity index is 2.83. The van der Waals surface area contributed by atoms with Crippen molar-refractivity contribution in [2.75, 3.05) is 0 Å². The number of hydrogen-bond acceptors (Lipinski definition) is 2. The molecule has 14 heavy (non-hydrogen) atoms. The zero-order chi connectivity index (χ0) is 10.6. The van der Waals surface area contributed by atoms with E-state index in [9.17, 15) is 8.78 Å². The van der Waals surface area contributed by atoms with Crippen molar-refractivity contribution in [1.29, 1.82) is 5.26 Å². The predicted molar refractivity (Wildman–Crippen MR) is 48.6 cm³/mol. The van der Waals surface area contributed by atoms with Crippen LogP contribution in [0.4, 0.5) is 8.78 Å². The molecule has 0 amide bonds.